The average Bonchev–Trinajstić information content (AvgIpc) is 2.61. The first kappa shape index (κ1) is 19.2. The van der Waals surface area contributed by atoms with Crippen molar-refractivity contribution in [3.63, 3.8) is 0 Å². The summed E-state index contributed by atoms with van der Waals surface area (Å²) in [6, 6.07) is 11.7. The lowest BCUT2D eigenvalue weighted by atomic mass is 9.96. The van der Waals surface area contributed by atoms with Crippen LogP contribution in [0.2, 0.25) is 10.0 Å². The Labute approximate surface area is 165 Å². The van der Waals surface area contributed by atoms with Crippen LogP contribution >= 0.6 is 23.2 Å². The third-order valence-corrected chi connectivity index (χ3v) is 5.60. The monoisotopic (exact) mass is 390 g/mol. The molecule has 1 atom stereocenters. The van der Waals surface area contributed by atoms with E-state index in [0.29, 0.717) is 10.0 Å². The molecule has 5 heteroatoms. The zero-order chi connectivity index (χ0) is 18.7. The minimum atomic E-state index is -0.00571. The van der Waals surface area contributed by atoms with Crippen molar-refractivity contribution >= 4 is 34.8 Å². The highest BCUT2D eigenvalue weighted by molar-refractivity contribution is 6.35. The number of para-hydroxylation sites is 1. The molecule has 1 aliphatic heterocycles. The Morgan fingerprint density at radius 1 is 1.19 bits per heavy atom. The van der Waals surface area contributed by atoms with Gasteiger partial charge in [0.2, 0.25) is 5.91 Å². The summed E-state index contributed by atoms with van der Waals surface area (Å²) in [5, 5.41) is 4.46. The van der Waals surface area contributed by atoms with Gasteiger partial charge in [-0.1, -0.05) is 47.5 Å². The molecule has 0 bridgehead atoms. The third-order valence-electron chi connectivity index (χ3n) is 5.01. The van der Waals surface area contributed by atoms with E-state index in [1.807, 2.05) is 44.2 Å². The molecule has 3 rings (SSSR count). The number of hydrogen-bond donors (Lipinski definition) is 1. The van der Waals surface area contributed by atoms with Crippen LogP contribution in [0.4, 0.5) is 5.69 Å². The van der Waals surface area contributed by atoms with Crippen LogP contribution in [0.3, 0.4) is 0 Å². The van der Waals surface area contributed by atoms with Gasteiger partial charge in [-0.05, 0) is 62.1 Å². The highest BCUT2D eigenvalue weighted by Crippen LogP contribution is 2.26. The summed E-state index contributed by atoms with van der Waals surface area (Å²) in [4.78, 5) is 15.1. The maximum Gasteiger partial charge on any atom is 0.228 e. The Morgan fingerprint density at radius 3 is 2.62 bits per heavy atom. The summed E-state index contributed by atoms with van der Waals surface area (Å²) < 4.78 is 0. The molecule has 1 N–H and O–H groups in total. The van der Waals surface area contributed by atoms with Gasteiger partial charge in [0.1, 0.15) is 0 Å². The Balaban J connectivity index is 1.65. The van der Waals surface area contributed by atoms with E-state index in [-0.39, 0.29) is 11.8 Å². The van der Waals surface area contributed by atoms with Crippen molar-refractivity contribution in [3.05, 3.63) is 63.1 Å². The van der Waals surface area contributed by atoms with Crippen LogP contribution in [0.5, 0.6) is 0 Å². The molecule has 26 heavy (non-hydrogen) atoms. The molecule has 1 saturated heterocycles. The zero-order valence-electron chi connectivity index (χ0n) is 15.2. The average molecular weight is 391 g/mol. The number of aryl methyl sites for hydroxylation is 2. The number of halogens is 2. The first-order valence-electron chi connectivity index (χ1n) is 8.97. The van der Waals surface area contributed by atoms with Crippen LogP contribution in [-0.4, -0.2) is 23.9 Å². The highest BCUT2D eigenvalue weighted by Gasteiger charge is 2.26. The Morgan fingerprint density at radius 2 is 1.92 bits per heavy atom. The van der Waals surface area contributed by atoms with Crippen LogP contribution in [0, 0.1) is 19.8 Å². The lowest BCUT2D eigenvalue weighted by Gasteiger charge is -2.32. The zero-order valence-corrected chi connectivity index (χ0v) is 16.7. The van der Waals surface area contributed by atoms with Gasteiger partial charge < -0.3 is 5.32 Å². The van der Waals surface area contributed by atoms with Crippen LogP contribution in [0.25, 0.3) is 0 Å². The van der Waals surface area contributed by atoms with Gasteiger partial charge in [-0.15, -0.1) is 0 Å². The molecule has 1 amide bonds. The van der Waals surface area contributed by atoms with Crippen molar-refractivity contribution < 1.29 is 4.79 Å². The SMILES string of the molecule is Cc1cccc(C)c1NC(=O)[C@H]1CCCN(Cc2ccc(Cl)cc2Cl)C1. The molecular weight excluding hydrogens is 367 g/mol. The summed E-state index contributed by atoms with van der Waals surface area (Å²) in [7, 11) is 0. The molecule has 0 spiro atoms. The van der Waals surface area contributed by atoms with Gasteiger partial charge in [-0.2, -0.15) is 0 Å². The van der Waals surface area contributed by atoms with Crippen molar-refractivity contribution in [1.82, 2.24) is 4.90 Å². The summed E-state index contributed by atoms with van der Waals surface area (Å²) in [5.41, 5.74) is 4.18. The van der Waals surface area contributed by atoms with E-state index < -0.39 is 0 Å². The van der Waals surface area contributed by atoms with Gasteiger partial charge >= 0.3 is 0 Å². The van der Waals surface area contributed by atoms with Gasteiger partial charge in [-0.25, -0.2) is 0 Å². The number of benzene rings is 2. The number of nitrogens with one attached hydrogen (secondary N) is 1. The summed E-state index contributed by atoms with van der Waals surface area (Å²) in [6.07, 6.45) is 1.93. The number of rotatable bonds is 4. The second-order valence-corrected chi connectivity index (χ2v) is 7.91. The first-order valence-corrected chi connectivity index (χ1v) is 9.73. The summed E-state index contributed by atoms with van der Waals surface area (Å²) in [6.45, 7) is 6.52. The van der Waals surface area contributed by atoms with E-state index in [9.17, 15) is 4.79 Å². The van der Waals surface area contributed by atoms with E-state index in [0.717, 1.165) is 54.9 Å². The maximum absolute atomic E-state index is 12.8. The predicted molar refractivity (Wildman–Crippen MR) is 109 cm³/mol. The largest absolute Gasteiger partial charge is 0.325 e. The molecule has 1 aliphatic rings. The number of carbonyl (C=O) groups is 1. The fraction of sp³-hybridized carbons (Fsp3) is 0.381. The fourth-order valence-electron chi connectivity index (χ4n) is 3.54. The minimum Gasteiger partial charge on any atom is -0.325 e. The second-order valence-electron chi connectivity index (χ2n) is 7.07. The molecule has 0 unspecified atom stereocenters. The smallest absolute Gasteiger partial charge is 0.228 e. The van der Waals surface area contributed by atoms with Crippen molar-refractivity contribution in [2.45, 2.75) is 33.2 Å². The van der Waals surface area contributed by atoms with Gasteiger partial charge in [0.15, 0.2) is 0 Å². The number of amides is 1. The lowest BCUT2D eigenvalue weighted by Crippen LogP contribution is -2.40. The number of likely N-dealkylation sites (tertiary alicyclic amines) is 1. The second kappa shape index (κ2) is 8.43. The minimum absolute atomic E-state index is 0.00571. The topological polar surface area (TPSA) is 32.3 Å². The van der Waals surface area contributed by atoms with Gasteiger partial charge in [0.25, 0.3) is 0 Å². The molecule has 0 saturated carbocycles. The third kappa shape index (κ3) is 4.59. The standard InChI is InChI=1S/C21H24Cl2N2O/c1-14-5-3-6-15(2)20(14)24-21(26)17-7-4-10-25(13-17)12-16-8-9-18(22)11-19(16)23/h3,5-6,8-9,11,17H,4,7,10,12-13H2,1-2H3,(H,24,26)/t17-/m0/s1. The molecule has 0 aromatic heterocycles. The van der Waals surface area contributed by atoms with Crippen LogP contribution in [0.1, 0.15) is 29.5 Å². The summed E-state index contributed by atoms with van der Waals surface area (Å²) in [5.74, 6) is 0.100. The van der Waals surface area contributed by atoms with Gasteiger partial charge in [0, 0.05) is 28.8 Å². The Bertz CT molecular complexity index is 786. The highest BCUT2D eigenvalue weighted by atomic mass is 35.5. The van der Waals surface area contributed by atoms with Gasteiger partial charge in [-0.3, -0.25) is 9.69 Å². The predicted octanol–water partition coefficient (Wildman–Crippen LogP) is 5.46. The number of hydrogen-bond acceptors (Lipinski definition) is 2. The molecule has 2 aromatic rings. The van der Waals surface area contributed by atoms with Gasteiger partial charge in [0.05, 0.1) is 5.92 Å². The number of nitrogens with zero attached hydrogens (tertiary/aromatic N) is 1. The number of carbonyl (C=O) groups excluding carboxylic acids is 1. The molecule has 2 aromatic carbocycles. The van der Waals surface area contributed by atoms with Crippen LogP contribution in [-0.2, 0) is 11.3 Å². The van der Waals surface area contributed by atoms with Crippen molar-refractivity contribution in [2.75, 3.05) is 18.4 Å². The molecule has 138 valence electrons. The molecule has 1 fully saturated rings. The van der Waals surface area contributed by atoms with Crippen LogP contribution < -0.4 is 5.32 Å². The fourth-order valence-corrected chi connectivity index (χ4v) is 4.01. The Hall–Kier alpha value is -1.55. The van der Waals surface area contributed by atoms with Crippen molar-refractivity contribution in [3.8, 4) is 0 Å². The number of anilines is 1. The van der Waals surface area contributed by atoms with Crippen molar-refractivity contribution in [1.29, 1.82) is 0 Å². The van der Waals surface area contributed by atoms with E-state index in [4.69, 9.17) is 23.2 Å². The van der Waals surface area contributed by atoms with Crippen LogP contribution in [0.15, 0.2) is 36.4 Å². The van der Waals surface area contributed by atoms with E-state index in [1.165, 1.54) is 0 Å². The van der Waals surface area contributed by atoms with E-state index in [2.05, 4.69) is 10.2 Å². The Kier molecular flexibility index (Phi) is 6.23. The summed E-state index contributed by atoms with van der Waals surface area (Å²) >= 11 is 12.3. The normalized spacial score (nSPS) is 17.9. The number of piperidine rings is 1. The van der Waals surface area contributed by atoms with E-state index in [1.54, 1.807) is 6.07 Å². The molecule has 3 nitrogen and oxygen atoms in total. The molecule has 1 heterocycles. The molecular formula is C21H24Cl2N2O. The molecule has 0 aliphatic carbocycles. The quantitative estimate of drug-likeness (QED) is 0.751. The first-order chi connectivity index (χ1) is 12.4. The lowest BCUT2D eigenvalue weighted by molar-refractivity contribution is -0.121. The van der Waals surface area contributed by atoms with Crippen molar-refractivity contribution in [2.24, 2.45) is 5.92 Å². The van der Waals surface area contributed by atoms with E-state index >= 15 is 0 Å². The maximum atomic E-state index is 12.8. The molecule has 0 radical (unpaired) electrons.